The molecule has 1 aromatic rings. The van der Waals surface area contributed by atoms with Crippen LogP contribution in [0.2, 0.25) is 5.02 Å². The highest BCUT2D eigenvalue weighted by Crippen LogP contribution is 2.51. The van der Waals surface area contributed by atoms with E-state index in [1.165, 1.54) is 12.1 Å². The molecule has 1 aliphatic rings. The molecule has 0 aromatic heterocycles. The first-order valence-electron chi connectivity index (χ1n) is 7.75. The Morgan fingerprint density at radius 2 is 2.13 bits per heavy atom. The number of carboxylic acid groups (broad SMARTS) is 1. The van der Waals surface area contributed by atoms with E-state index < -0.39 is 11.8 Å². The van der Waals surface area contributed by atoms with Crippen LogP contribution < -0.4 is 0 Å². The number of hydrogen-bond donors (Lipinski definition) is 1. The Balaban J connectivity index is 2.08. The summed E-state index contributed by atoms with van der Waals surface area (Å²) in [7, 11) is 0. The fourth-order valence-electron chi connectivity index (χ4n) is 2.85. The van der Waals surface area contributed by atoms with Crippen molar-refractivity contribution in [3.8, 4) is 0 Å². The Morgan fingerprint density at radius 1 is 1.43 bits per heavy atom. The van der Waals surface area contributed by atoms with Crippen LogP contribution >= 0.6 is 11.6 Å². The Kier molecular flexibility index (Phi) is 5.63. The summed E-state index contributed by atoms with van der Waals surface area (Å²) in [5, 5.41) is 9.17. The van der Waals surface area contributed by atoms with Gasteiger partial charge in [-0.25, -0.2) is 4.39 Å². The average molecular weight is 342 g/mol. The maximum Gasteiger partial charge on any atom is 0.305 e. The molecule has 1 fully saturated rings. The number of rotatable bonds is 7. The summed E-state index contributed by atoms with van der Waals surface area (Å²) in [6.45, 7) is 4.62. The number of carbonyl (C=O) groups is 2. The molecule has 1 amide bonds. The third-order valence-corrected chi connectivity index (χ3v) is 4.30. The van der Waals surface area contributed by atoms with E-state index in [-0.39, 0.29) is 36.6 Å². The topological polar surface area (TPSA) is 57.6 Å². The lowest BCUT2D eigenvalue weighted by molar-refractivity contribution is -0.139. The summed E-state index contributed by atoms with van der Waals surface area (Å²) in [5.41, 5.74) is 0.398. The van der Waals surface area contributed by atoms with E-state index in [9.17, 15) is 14.0 Å². The zero-order chi connectivity index (χ0) is 17.1. The van der Waals surface area contributed by atoms with E-state index in [0.717, 1.165) is 0 Å². The summed E-state index contributed by atoms with van der Waals surface area (Å²) in [6.07, 6.45) is 0.470. The largest absolute Gasteiger partial charge is 0.481 e. The summed E-state index contributed by atoms with van der Waals surface area (Å²) in [4.78, 5) is 25.0. The van der Waals surface area contributed by atoms with Crippen LogP contribution in [0.25, 0.3) is 0 Å². The number of carbonyl (C=O) groups excluding carboxylic acids is 1. The number of amides is 1. The standard InChI is InChI=1S/C17H21ClFNO3/c1-10(2)9-20(7-6-15(21)22)17(23)12-8-11(12)16-13(18)4-3-5-14(16)19/h3-5,10-12H,6-9H2,1-2H3,(H,21,22). The zero-order valence-corrected chi connectivity index (χ0v) is 14.0. The fourth-order valence-corrected chi connectivity index (χ4v) is 3.15. The molecule has 0 spiro atoms. The molecule has 1 aliphatic carbocycles. The first-order chi connectivity index (χ1) is 10.8. The van der Waals surface area contributed by atoms with Gasteiger partial charge in [0.1, 0.15) is 5.82 Å². The van der Waals surface area contributed by atoms with Crippen molar-refractivity contribution < 1.29 is 19.1 Å². The summed E-state index contributed by atoms with van der Waals surface area (Å²) < 4.78 is 14.0. The van der Waals surface area contributed by atoms with Gasteiger partial charge in [0.05, 0.1) is 6.42 Å². The van der Waals surface area contributed by atoms with Gasteiger partial charge in [0, 0.05) is 35.5 Å². The van der Waals surface area contributed by atoms with Crippen LogP contribution in [0.5, 0.6) is 0 Å². The average Bonchev–Trinajstić information content (AvgIpc) is 3.22. The van der Waals surface area contributed by atoms with Gasteiger partial charge in [0.25, 0.3) is 0 Å². The monoisotopic (exact) mass is 341 g/mol. The molecule has 0 heterocycles. The van der Waals surface area contributed by atoms with Gasteiger partial charge in [0.15, 0.2) is 0 Å². The summed E-state index contributed by atoms with van der Waals surface area (Å²) in [5.74, 6) is -1.71. The van der Waals surface area contributed by atoms with Crippen molar-refractivity contribution in [2.24, 2.45) is 11.8 Å². The maximum atomic E-state index is 14.0. The van der Waals surface area contributed by atoms with Crippen molar-refractivity contribution in [1.82, 2.24) is 4.90 Å². The molecular formula is C17H21ClFNO3. The van der Waals surface area contributed by atoms with Crippen molar-refractivity contribution in [1.29, 1.82) is 0 Å². The molecule has 6 heteroatoms. The molecule has 0 radical (unpaired) electrons. The Labute approximate surface area is 140 Å². The van der Waals surface area contributed by atoms with Gasteiger partial charge in [-0.1, -0.05) is 31.5 Å². The normalized spacial score (nSPS) is 19.7. The molecule has 0 bridgehead atoms. The molecule has 0 saturated heterocycles. The second kappa shape index (κ2) is 7.30. The van der Waals surface area contributed by atoms with Crippen LogP contribution in [-0.2, 0) is 9.59 Å². The highest BCUT2D eigenvalue weighted by Gasteiger charge is 2.47. The van der Waals surface area contributed by atoms with Gasteiger partial charge >= 0.3 is 5.97 Å². The smallest absolute Gasteiger partial charge is 0.305 e. The number of aliphatic carboxylic acids is 1. The Morgan fingerprint density at radius 3 is 2.70 bits per heavy atom. The molecule has 23 heavy (non-hydrogen) atoms. The molecule has 126 valence electrons. The van der Waals surface area contributed by atoms with E-state index in [0.29, 0.717) is 23.6 Å². The number of nitrogens with zero attached hydrogens (tertiary/aromatic N) is 1. The van der Waals surface area contributed by atoms with Gasteiger partial charge in [-0.05, 0) is 24.5 Å². The third kappa shape index (κ3) is 4.44. The van der Waals surface area contributed by atoms with Crippen molar-refractivity contribution >= 4 is 23.5 Å². The number of halogens is 2. The van der Waals surface area contributed by atoms with Gasteiger partial charge in [-0.2, -0.15) is 0 Å². The summed E-state index contributed by atoms with van der Waals surface area (Å²) in [6, 6.07) is 4.51. The Hall–Kier alpha value is -1.62. The first-order valence-corrected chi connectivity index (χ1v) is 8.13. The molecule has 1 saturated carbocycles. The van der Waals surface area contributed by atoms with Crippen LogP contribution in [-0.4, -0.2) is 35.0 Å². The predicted molar refractivity (Wildman–Crippen MR) is 85.9 cm³/mol. The van der Waals surface area contributed by atoms with E-state index in [1.54, 1.807) is 11.0 Å². The van der Waals surface area contributed by atoms with Crippen LogP contribution in [0, 0.1) is 17.7 Å². The van der Waals surface area contributed by atoms with Crippen molar-refractivity contribution in [2.45, 2.75) is 32.6 Å². The quantitative estimate of drug-likeness (QED) is 0.825. The molecule has 2 atom stereocenters. The number of carboxylic acids is 1. The highest BCUT2D eigenvalue weighted by atomic mass is 35.5. The minimum absolute atomic E-state index is 0.0870. The molecule has 1 N–H and O–H groups in total. The van der Waals surface area contributed by atoms with E-state index >= 15 is 0 Å². The van der Waals surface area contributed by atoms with Gasteiger partial charge < -0.3 is 10.0 Å². The SMILES string of the molecule is CC(C)CN(CCC(=O)O)C(=O)C1CC1c1c(F)cccc1Cl. The van der Waals surface area contributed by atoms with Crippen LogP contribution in [0.15, 0.2) is 18.2 Å². The van der Waals surface area contributed by atoms with Crippen molar-refractivity contribution in [3.63, 3.8) is 0 Å². The maximum absolute atomic E-state index is 14.0. The van der Waals surface area contributed by atoms with Crippen molar-refractivity contribution in [3.05, 3.63) is 34.6 Å². The molecule has 2 rings (SSSR count). The fraction of sp³-hybridized carbons (Fsp3) is 0.529. The molecule has 2 unspecified atom stereocenters. The Bertz CT molecular complexity index is 585. The third-order valence-electron chi connectivity index (χ3n) is 3.97. The second-order valence-corrected chi connectivity index (χ2v) is 6.81. The molecule has 1 aromatic carbocycles. The lowest BCUT2D eigenvalue weighted by atomic mass is 10.1. The lowest BCUT2D eigenvalue weighted by Gasteiger charge is -2.24. The number of benzene rings is 1. The van der Waals surface area contributed by atoms with Gasteiger partial charge in [0.2, 0.25) is 5.91 Å². The van der Waals surface area contributed by atoms with Crippen LogP contribution in [0.3, 0.4) is 0 Å². The zero-order valence-electron chi connectivity index (χ0n) is 13.3. The second-order valence-electron chi connectivity index (χ2n) is 6.41. The minimum atomic E-state index is -0.934. The lowest BCUT2D eigenvalue weighted by Crippen LogP contribution is -2.37. The summed E-state index contributed by atoms with van der Waals surface area (Å²) >= 11 is 6.06. The first kappa shape index (κ1) is 17.7. The van der Waals surface area contributed by atoms with E-state index in [4.69, 9.17) is 16.7 Å². The molecule has 0 aliphatic heterocycles. The highest BCUT2D eigenvalue weighted by molar-refractivity contribution is 6.31. The van der Waals surface area contributed by atoms with Gasteiger partial charge in [-0.3, -0.25) is 9.59 Å². The van der Waals surface area contributed by atoms with Crippen LogP contribution in [0.4, 0.5) is 4.39 Å². The minimum Gasteiger partial charge on any atom is -0.481 e. The van der Waals surface area contributed by atoms with Crippen LogP contribution in [0.1, 0.15) is 38.2 Å². The van der Waals surface area contributed by atoms with E-state index in [2.05, 4.69) is 0 Å². The number of hydrogen-bond acceptors (Lipinski definition) is 2. The predicted octanol–water partition coefficient (Wildman–Crippen LogP) is 3.54. The molecular weight excluding hydrogens is 321 g/mol. The van der Waals surface area contributed by atoms with E-state index in [1.807, 2.05) is 13.8 Å². The molecule has 4 nitrogen and oxygen atoms in total. The van der Waals surface area contributed by atoms with Gasteiger partial charge in [-0.15, -0.1) is 0 Å². The van der Waals surface area contributed by atoms with Crippen molar-refractivity contribution in [2.75, 3.05) is 13.1 Å².